The van der Waals surface area contributed by atoms with Crippen LogP contribution < -0.4 is 10.2 Å². The van der Waals surface area contributed by atoms with E-state index >= 15 is 0 Å². The highest BCUT2D eigenvalue weighted by Gasteiger charge is 2.19. The molecule has 7 nitrogen and oxygen atoms in total. The van der Waals surface area contributed by atoms with Crippen molar-refractivity contribution in [3.8, 4) is 11.3 Å². The number of carbonyl (C=O) groups excluding carboxylic acids is 1. The molecule has 4 aromatic rings. The number of H-pyrrole nitrogens is 1. The number of nitrogens with one attached hydrogen (secondary N) is 2. The lowest BCUT2D eigenvalue weighted by Gasteiger charge is -2.34. The smallest absolute Gasteiger partial charge is 0.256 e. The van der Waals surface area contributed by atoms with Crippen molar-refractivity contribution in [1.29, 1.82) is 0 Å². The Morgan fingerprint density at radius 1 is 1.08 bits per heavy atom. The van der Waals surface area contributed by atoms with Crippen molar-refractivity contribution < 1.29 is 13.6 Å². The molecule has 186 valence electrons. The zero-order chi connectivity index (χ0) is 25.2. The number of fused-ring (bicyclic) bond motifs is 1. The lowest BCUT2D eigenvalue weighted by atomic mass is 10.0. The molecule has 3 heterocycles. The quantitative estimate of drug-likeness (QED) is 0.404. The van der Waals surface area contributed by atoms with Crippen LogP contribution in [-0.4, -0.2) is 59.2 Å². The minimum Gasteiger partial charge on any atom is -0.369 e. The summed E-state index contributed by atoms with van der Waals surface area (Å²) in [6.45, 7) is 5.68. The Morgan fingerprint density at radius 2 is 1.83 bits per heavy atom. The van der Waals surface area contributed by atoms with Crippen LogP contribution in [0, 0.1) is 11.6 Å². The molecule has 1 aliphatic rings. The third-order valence-corrected chi connectivity index (χ3v) is 6.55. The number of benzene rings is 2. The third-order valence-electron chi connectivity index (χ3n) is 6.55. The second-order valence-corrected chi connectivity index (χ2v) is 9.17. The SMILES string of the molecule is CCCc1cc(F)c(-c2cc3c(NC(=O)c4cccc(N5CCN(C)CC5)c4)n[nH]c3cn2)c(F)c1. The van der Waals surface area contributed by atoms with Gasteiger partial charge in [0, 0.05) is 42.8 Å². The molecule has 5 rings (SSSR count). The highest BCUT2D eigenvalue weighted by atomic mass is 19.1. The minimum atomic E-state index is -0.667. The lowest BCUT2D eigenvalue weighted by Crippen LogP contribution is -2.44. The van der Waals surface area contributed by atoms with Gasteiger partial charge in [0.25, 0.3) is 5.91 Å². The van der Waals surface area contributed by atoms with E-state index in [1.54, 1.807) is 6.07 Å². The average molecular weight is 491 g/mol. The van der Waals surface area contributed by atoms with Crippen LogP contribution in [0.4, 0.5) is 20.3 Å². The van der Waals surface area contributed by atoms with Gasteiger partial charge in [-0.15, -0.1) is 0 Å². The number of carbonyl (C=O) groups is 1. The molecule has 1 aliphatic heterocycles. The van der Waals surface area contributed by atoms with Gasteiger partial charge in [0.15, 0.2) is 5.82 Å². The summed E-state index contributed by atoms with van der Waals surface area (Å²) >= 11 is 0. The lowest BCUT2D eigenvalue weighted by molar-refractivity contribution is 0.102. The van der Waals surface area contributed by atoms with Gasteiger partial charge in [-0.05, 0) is 55.4 Å². The number of likely N-dealkylation sites (N-methyl/N-ethyl adjacent to an activating group) is 1. The summed E-state index contributed by atoms with van der Waals surface area (Å²) in [7, 11) is 2.10. The maximum absolute atomic E-state index is 14.8. The van der Waals surface area contributed by atoms with Gasteiger partial charge in [-0.25, -0.2) is 8.78 Å². The molecular weight excluding hydrogens is 462 g/mol. The predicted octanol–water partition coefficient (Wildman–Crippen LogP) is 4.86. The molecule has 2 N–H and O–H groups in total. The number of aromatic nitrogens is 3. The monoisotopic (exact) mass is 490 g/mol. The fraction of sp³-hybridized carbons (Fsp3) is 0.296. The molecule has 1 saturated heterocycles. The molecule has 0 spiro atoms. The summed E-state index contributed by atoms with van der Waals surface area (Å²) in [5.41, 5.74) is 2.58. The number of aromatic amines is 1. The van der Waals surface area contributed by atoms with Gasteiger partial charge < -0.3 is 15.1 Å². The molecular formula is C27H28F2N6O. The van der Waals surface area contributed by atoms with Crippen molar-refractivity contribution in [3.63, 3.8) is 0 Å². The van der Waals surface area contributed by atoms with E-state index in [1.165, 1.54) is 24.4 Å². The molecule has 1 amide bonds. The number of nitrogens with zero attached hydrogens (tertiary/aromatic N) is 4. The van der Waals surface area contributed by atoms with Crippen LogP contribution in [-0.2, 0) is 6.42 Å². The average Bonchev–Trinajstić information content (AvgIpc) is 3.26. The van der Waals surface area contributed by atoms with Crippen LogP contribution in [0.15, 0.2) is 48.7 Å². The first kappa shape index (κ1) is 23.9. The molecule has 0 unspecified atom stereocenters. The summed E-state index contributed by atoms with van der Waals surface area (Å²) in [6.07, 6.45) is 2.84. The summed E-state index contributed by atoms with van der Waals surface area (Å²) in [5, 5.41) is 10.4. The summed E-state index contributed by atoms with van der Waals surface area (Å²) in [6, 6.07) is 11.7. The predicted molar refractivity (Wildman–Crippen MR) is 137 cm³/mol. The van der Waals surface area contributed by atoms with E-state index in [4.69, 9.17) is 0 Å². The summed E-state index contributed by atoms with van der Waals surface area (Å²) in [4.78, 5) is 21.8. The molecule has 9 heteroatoms. The fourth-order valence-corrected chi connectivity index (χ4v) is 4.54. The van der Waals surface area contributed by atoms with Crippen LogP contribution in [0.25, 0.3) is 22.2 Å². The second kappa shape index (κ2) is 10.0. The van der Waals surface area contributed by atoms with E-state index in [1.807, 2.05) is 25.1 Å². The van der Waals surface area contributed by atoms with Gasteiger partial charge in [0.2, 0.25) is 0 Å². The number of anilines is 2. The maximum Gasteiger partial charge on any atom is 0.256 e. The number of rotatable bonds is 6. The number of hydrogen-bond acceptors (Lipinski definition) is 5. The normalized spacial score (nSPS) is 14.4. The van der Waals surface area contributed by atoms with Gasteiger partial charge >= 0.3 is 0 Å². The fourth-order valence-electron chi connectivity index (χ4n) is 4.54. The molecule has 1 fully saturated rings. The van der Waals surface area contributed by atoms with E-state index in [0.717, 1.165) is 38.3 Å². The second-order valence-electron chi connectivity index (χ2n) is 9.17. The van der Waals surface area contributed by atoms with Crippen molar-refractivity contribution in [3.05, 3.63) is 71.4 Å². The van der Waals surface area contributed by atoms with E-state index in [2.05, 4.69) is 37.3 Å². The number of halogens is 2. The molecule has 0 saturated carbocycles. The van der Waals surface area contributed by atoms with Crippen LogP contribution in [0.5, 0.6) is 0 Å². The molecule has 0 radical (unpaired) electrons. The largest absolute Gasteiger partial charge is 0.369 e. The van der Waals surface area contributed by atoms with Gasteiger partial charge in [-0.3, -0.25) is 14.9 Å². The number of hydrogen-bond donors (Lipinski definition) is 2. The Hall–Kier alpha value is -3.85. The Kier molecular flexibility index (Phi) is 6.65. The molecule has 0 bridgehead atoms. The van der Waals surface area contributed by atoms with E-state index in [0.29, 0.717) is 28.5 Å². The van der Waals surface area contributed by atoms with Gasteiger partial charge in [0.1, 0.15) is 11.6 Å². The number of amides is 1. The maximum atomic E-state index is 14.8. The standard InChI is InChI=1S/C27H28F2N6O/c1-3-5-17-12-21(28)25(22(29)13-17)23-15-20-24(16-30-23)32-33-26(20)31-27(36)18-6-4-7-19(14-18)35-10-8-34(2)9-11-35/h4,6-7,12-16H,3,5,8-11H2,1-2H3,(H2,31,32,33,36). The highest BCUT2D eigenvalue weighted by molar-refractivity contribution is 6.08. The molecule has 0 aliphatic carbocycles. The molecule has 2 aromatic carbocycles. The molecule has 2 aromatic heterocycles. The first-order valence-electron chi connectivity index (χ1n) is 12.1. The zero-order valence-electron chi connectivity index (χ0n) is 20.3. The zero-order valence-corrected chi connectivity index (χ0v) is 20.3. The first-order chi connectivity index (χ1) is 17.4. The van der Waals surface area contributed by atoms with Crippen molar-refractivity contribution in [2.45, 2.75) is 19.8 Å². The summed E-state index contributed by atoms with van der Waals surface area (Å²) in [5.74, 6) is -1.38. The summed E-state index contributed by atoms with van der Waals surface area (Å²) < 4.78 is 29.6. The first-order valence-corrected chi connectivity index (χ1v) is 12.1. The van der Waals surface area contributed by atoms with Crippen molar-refractivity contribution in [1.82, 2.24) is 20.1 Å². The number of pyridine rings is 1. The number of aryl methyl sites for hydroxylation is 1. The van der Waals surface area contributed by atoms with E-state index < -0.39 is 11.6 Å². The molecule has 0 atom stereocenters. The third kappa shape index (κ3) is 4.79. The van der Waals surface area contributed by atoms with Gasteiger partial charge in [0.05, 0.1) is 23.0 Å². The van der Waals surface area contributed by atoms with Gasteiger partial charge in [-0.2, -0.15) is 5.10 Å². The Morgan fingerprint density at radius 3 is 2.56 bits per heavy atom. The van der Waals surface area contributed by atoms with Crippen LogP contribution >= 0.6 is 0 Å². The highest BCUT2D eigenvalue weighted by Crippen LogP contribution is 2.30. The van der Waals surface area contributed by atoms with Crippen LogP contribution in [0.2, 0.25) is 0 Å². The van der Waals surface area contributed by atoms with Crippen molar-refractivity contribution in [2.75, 3.05) is 43.4 Å². The van der Waals surface area contributed by atoms with Gasteiger partial charge in [-0.1, -0.05) is 19.4 Å². The van der Waals surface area contributed by atoms with E-state index in [9.17, 15) is 13.6 Å². The Balaban J connectivity index is 1.41. The Labute approximate surface area is 208 Å². The van der Waals surface area contributed by atoms with Crippen LogP contribution in [0.1, 0.15) is 29.3 Å². The topological polar surface area (TPSA) is 77.2 Å². The van der Waals surface area contributed by atoms with E-state index in [-0.39, 0.29) is 23.0 Å². The number of piperazine rings is 1. The van der Waals surface area contributed by atoms with Crippen molar-refractivity contribution >= 4 is 28.3 Å². The van der Waals surface area contributed by atoms with Crippen molar-refractivity contribution in [2.24, 2.45) is 0 Å². The molecule has 36 heavy (non-hydrogen) atoms. The Bertz CT molecular complexity index is 1390. The minimum absolute atomic E-state index is 0.134. The van der Waals surface area contributed by atoms with Crippen LogP contribution in [0.3, 0.4) is 0 Å².